The van der Waals surface area contributed by atoms with Crippen LogP contribution in [0, 0.1) is 11.3 Å². The maximum atomic E-state index is 12.6. The summed E-state index contributed by atoms with van der Waals surface area (Å²) in [6.45, 7) is 5.39. The van der Waals surface area contributed by atoms with Crippen LogP contribution in [0.4, 0.5) is 0 Å². The minimum atomic E-state index is -0.0603. The second-order valence-electron chi connectivity index (χ2n) is 7.88. The topological polar surface area (TPSA) is 53.0 Å². The fourth-order valence-corrected chi connectivity index (χ4v) is 4.84. The van der Waals surface area contributed by atoms with Crippen molar-refractivity contribution in [2.24, 2.45) is 11.3 Å². The highest BCUT2D eigenvalue weighted by Crippen LogP contribution is 2.42. The Balaban J connectivity index is 1.36. The Morgan fingerprint density at radius 1 is 1.20 bits per heavy atom. The van der Waals surface area contributed by atoms with Crippen molar-refractivity contribution in [3.8, 4) is 0 Å². The highest BCUT2D eigenvalue weighted by molar-refractivity contribution is 5.94. The third kappa shape index (κ3) is 3.21. The summed E-state index contributed by atoms with van der Waals surface area (Å²) in [6.07, 6.45) is 3.10. The second-order valence-corrected chi connectivity index (χ2v) is 7.88. The summed E-state index contributed by atoms with van der Waals surface area (Å²) in [4.78, 5) is 17.1. The molecular weight excluding hydrogens is 316 g/mol. The van der Waals surface area contributed by atoms with Gasteiger partial charge >= 0.3 is 0 Å². The third-order valence-electron chi connectivity index (χ3n) is 6.44. The standard InChI is InChI=1S/C20H28N2O3/c23-14-20-13-22(12-17(20)8-11-25-15-20)18-6-9-21(10-7-18)19(24)16-4-2-1-3-5-16/h1-5,17-18,23H,6-15H2/t17-,20+/m0/s1. The largest absolute Gasteiger partial charge is 0.396 e. The molecule has 4 rings (SSSR count). The van der Waals surface area contributed by atoms with Gasteiger partial charge in [0.2, 0.25) is 0 Å². The van der Waals surface area contributed by atoms with Crippen LogP contribution >= 0.6 is 0 Å². The summed E-state index contributed by atoms with van der Waals surface area (Å²) in [7, 11) is 0. The fourth-order valence-electron chi connectivity index (χ4n) is 4.84. The van der Waals surface area contributed by atoms with E-state index in [2.05, 4.69) is 4.90 Å². The monoisotopic (exact) mass is 344 g/mol. The van der Waals surface area contributed by atoms with Gasteiger partial charge in [0.15, 0.2) is 0 Å². The molecule has 0 bridgehead atoms. The minimum Gasteiger partial charge on any atom is -0.396 e. The van der Waals surface area contributed by atoms with Crippen LogP contribution in [0.25, 0.3) is 0 Å². The van der Waals surface area contributed by atoms with Crippen molar-refractivity contribution >= 4 is 5.91 Å². The smallest absolute Gasteiger partial charge is 0.253 e. The number of hydrogen-bond acceptors (Lipinski definition) is 4. The van der Waals surface area contributed by atoms with E-state index >= 15 is 0 Å². The molecule has 1 N–H and O–H groups in total. The number of carbonyl (C=O) groups excluding carboxylic acids is 1. The van der Waals surface area contributed by atoms with Gasteiger partial charge in [0.05, 0.1) is 13.2 Å². The van der Waals surface area contributed by atoms with Gasteiger partial charge in [-0.25, -0.2) is 0 Å². The molecule has 0 aromatic heterocycles. The van der Waals surface area contributed by atoms with Crippen LogP contribution in [0.15, 0.2) is 30.3 Å². The lowest BCUT2D eigenvalue weighted by Crippen LogP contribution is -2.47. The molecule has 1 amide bonds. The fraction of sp³-hybridized carbons (Fsp3) is 0.650. The molecule has 3 saturated heterocycles. The zero-order valence-corrected chi connectivity index (χ0v) is 14.8. The van der Waals surface area contributed by atoms with Crippen molar-refractivity contribution < 1.29 is 14.6 Å². The lowest BCUT2D eigenvalue weighted by Gasteiger charge is -2.38. The van der Waals surface area contributed by atoms with Gasteiger partial charge in [0.25, 0.3) is 5.91 Å². The van der Waals surface area contributed by atoms with E-state index in [0.29, 0.717) is 18.6 Å². The van der Waals surface area contributed by atoms with Crippen molar-refractivity contribution in [3.63, 3.8) is 0 Å². The molecule has 3 fully saturated rings. The Kier molecular flexibility index (Phi) is 4.80. The first-order valence-electron chi connectivity index (χ1n) is 9.49. The lowest BCUT2D eigenvalue weighted by molar-refractivity contribution is -0.0568. The molecule has 1 aromatic rings. The number of likely N-dealkylation sites (tertiary alicyclic amines) is 2. The van der Waals surface area contributed by atoms with E-state index in [1.54, 1.807) is 0 Å². The van der Waals surface area contributed by atoms with E-state index in [1.165, 1.54) is 0 Å². The number of nitrogens with zero attached hydrogens (tertiary/aromatic N) is 2. The molecule has 0 unspecified atom stereocenters. The maximum absolute atomic E-state index is 12.6. The molecule has 2 atom stereocenters. The third-order valence-corrected chi connectivity index (χ3v) is 6.44. The van der Waals surface area contributed by atoms with Gasteiger partial charge in [0, 0.05) is 49.8 Å². The Bertz CT molecular complexity index is 600. The number of aliphatic hydroxyl groups is 1. The average Bonchev–Trinajstić information content (AvgIpc) is 3.08. The summed E-state index contributed by atoms with van der Waals surface area (Å²) in [5.41, 5.74) is 0.722. The van der Waals surface area contributed by atoms with Crippen LogP contribution in [0.3, 0.4) is 0 Å². The quantitative estimate of drug-likeness (QED) is 0.905. The van der Waals surface area contributed by atoms with Crippen LogP contribution in [0.1, 0.15) is 29.6 Å². The van der Waals surface area contributed by atoms with E-state index in [-0.39, 0.29) is 17.9 Å². The number of rotatable bonds is 3. The lowest BCUT2D eigenvalue weighted by atomic mass is 9.76. The molecular formula is C20H28N2O3. The molecule has 0 aliphatic carbocycles. The molecule has 25 heavy (non-hydrogen) atoms. The molecule has 5 heteroatoms. The first-order valence-corrected chi connectivity index (χ1v) is 9.49. The normalized spacial score (nSPS) is 31.1. The number of fused-ring (bicyclic) bond motifs is 1. The first kappa shape index (κ1) is 17.0. The van der Waals surface area contributed by atoms with Crippen LogP contribution in [0.5, 0.6) is 0 Å². The Hall–Kier alpha value is -1.43. The van der Waals surface area contributed by atoms with Crippen LogP contribution in [0.2, 0.25) is 0 Å². The Labute approximate surface area is 149 Å². The first-order chi connectivity index (χ1) is 12.2. The molecule has 3 heterocycles. The van der Waals surface area contributed by atoms with Gasteiger partial charge in [-0.1, -0.05) is 18.2 Å². The number of ether oxygens (including phenoxy) is 1. The van der Waals surface area contributed by atoms with E-state index < -0.39 is 0 Å². The zero-order valence-electron chi connectivity index (χ0n) is 14.8. The number of carbonyl (C=O) groups is 1. The van der Waals surface area contributed by atoms with Gasteiger partial charge < -0.3 is 14.7 Å². The number of benzene rings is 1. The summed E-state index contributed by atoms with van der Waals surface area (Å²) < 4.78 is 5.67. The molecule has 1 aromatic carbocycles. The maximum Gasteiger partial charge on any atom is 0.253 e. The van der Waals surface area contributed by atoms with Crippen molar-refractivity contribution in [2.75, 3.05) is 46.0 Å². The van der Waals surface area contributed by atoms with E-state index in [1.807, 2.05) is 35.2 Å². The molecule has 3 aliphatic rings. The number of aliphatic hydroxyl groups excluding tert-OH is 1. The van der Waals surface area contributed by atoms with Crippen LogP contribution in [-0.2, 0) is 4.74 Å². The highest BCUT2D eigenvalue weighted by Gasteiger charge is 2.49. The van der Waals surface area contributed by atoms with E-state index in [0.717, 1.165) is 57.6 Å². The summed E-state index contributed by atoms with van der Waals surface area (Å²) in [5.74, 6) is 0.699. The predicted molar refractivity (Wildman–Crippen MR) is 95.4 cm³/mol. The Morgan fingerprint density at radius 3 is 2.64 bits per heavy atom. The molecule has 0 saturated carbocycles. The number of piperidine rings is 1. The molecule has 136 valence electrons. The van der Waals surface area contributed by atoms with Gasteiger partial charge in [-0.15, -0.1) is 0 Å². The molecule has 3 aliphatic heterocycles. The summed E-state index contributed by atoms with van der Waals surface area (Å²) >= 11 is 0. The predicted octanol–water partition coefficient (Wildman–Crippen LogP) is 1.62. The summed E-state index contributed by atoms with van der Waals surface area (Å²) in [6, 6.07) is 10.1. The van der Waals surface area contributed by atoms with Gasteiger partial charge in [-0.05, 0) is 37.3 Å². The molecule has 5 nitrogen and oxygen atoms in total. The van der Waals surface area contributed by atoms with Gasteiger partial charge in [-0.2, -0.15) is 0 Å². The number of amides is 1. The van der Waals surface area contributed by atoms with Crippen molar-refractivity contribution in [3.05, 3.63) is 35.9 Å². The SMILES string of the molecule is O=C(c1ccccc1)N1CCC(N2C[C@@H]3CCOC[C@]3(CO)C2)CC1. The minimum absolute atomic E-state index is 0.0603. The molecule has 0 radical (unpaired) electrons. The number of hydrogen-bond donors (Lipinski definition) is 1. The van der Waals surface area contributed by atoms with Crippen molar-refractivity contribution in [1.82, 2.24) is 9.80 Å². The van der Waals surface area contributed by atoms with Gasteiger partial charge in [-0.3, -0.25) is 9.69 Å². The van der Waals surface area contributed by atoms with Gasteiger partial charge in [0.1, 0.15) is 0 Å². The summed E-state index contributed by atoms with van der Waals surface area (Å²) in [5, 5.41) is 9.95. The van der Waals surface area contributed by atoms with Crippen LogP contribution < -0.4 is 0 Å². The van der Waals surface area contributed by atoms with Crippen molar-refractivity contribution in [2.45, 2.75) is 25.3 Å². The Morgan fingerprint density at radius 2 is 1.96 bits per heavy atom. The highest BCUT2D eigenvalue weighted by atomic mass is 16.5. The average molecular weight is 344 g/mol. The van der Waals surface area contributed by atoms with E-state index in [9.17, 15) is 9.90 Å². The molecule has 0 spiro atoms. The van der Waals surface area contributed by atoms with E-state index in [4.69, 9.17) is 4.74 Å². The van der Waals surface area contributed by atoms with Crippen LogP contribution in [-0.4, -0.2) is 72.9 Å². The van der Waals surface area contributed by atoms with Crippen molar-refractivity contribution in [1.29, 1.82) is 0 Å². The zero-order chi connectivity index (χ0) is 17.3. The second kappa shape index (κ2) is 7.06.